The van der Waals surface area contributed by atoms with Crippen molar-refractivity contribution >= 4 is 47.2 Å². The van der Waals surface area contributed by atoms with E-state index in [1.165, 1.54) is 36.0 Å². The highest BCUT2D eigenvalue weighted by molar-refractivity contribution is 8.01. The maximum absolute atomic E-state index is 13.0. The number of tetrazole rings is 1. The van der Waals surface area contributed by atoms with E-state index in [0.29, 0.717) is 11.1 Å². The number of β-lactam (4-membered cyclic amide) rings is 1. The van der Waals surface area contributed by atoms with Crippen LogP contribution >= 0.6 is 23.5 Å². The van der Waals surface area contributed by atoms with Gasteiger partial charge in [-0.25, -0.2) is 4.79 Å². The predicted octanol–water partition coefficient (Wildman–Crippen LogP) is -0.930. The molecule has 4 rings (SSSR count). The van der Waals surface area contributed by atoms with E-state index in [0.717, 1.165) is 16.7 Å². The Morgan fingerprint density at radius 3 is 2.64 bits per heavy atom. The van der Waals surface area contributed by atoms with Gasteiger partial charge in [-0.15, -0.1) is 22.0 Å². The number of nitrogens with zero attached hydrogens (tertiary/aromatic N) is 4. The molecule has 2 aliphatic rings. The van der Waals surface area contributed by atoms with Gasteiger partial charge in [-0.05, 0) is 34.9 Å². The lowest BCUT2D eigenvalue weighted by molar-refractivity contribution is -0.150. The number of hydrogen-bond acceptors (Lipinski definition) is 11. The first-order valence-corrected chi connectivity index (χ1v) is 12.5. The van der Waals surface area contributed by atoms with Gasteiger partial charge >= 0.3 is 5.97 Å². The van der Waals surface area contributed by atoms with E-state index in [2.05, 4.69) is 25.9 Å². The van der Waals surface area contributed by atoms with E-state index in [-0.39, 0.29) is 35.2 Å². The SMILES string of the molecule is NC(=O)CCC(Sc1nn[nH]n1)C1=C(C(=O)O)N2C(=O)C(NC(=O)C(N)c3ccc(O)cc3)[C@@H]2SC1. The van der Waals surface area contributed by atoms with Crippen molar-refractivity contribution < 1.29 is 29.4 Å². The number of phenols is 1. The second-order valence-corrected chi connectivity index (χ2v) is 10.2. The molecule has 0 radical (unpaired) electrons. The van der Waals surface area contributed by atoms with Crippen LogP contribution in [0.3, 0.4) is 0 Å². The molecule has 1 aromatic carbocycles. The van der Waals surface area contributed by atoms with Crippen LogP contribution < -0.4 is 16.8 Å². The van der Waals surface area contributed by atoms with Crippen LogP contribution in [0.1, 0.15) is 24.4 Å². The molecule has 14 nitrogen and oxygen atoms in total. The van der Waals surface area contributed by atoms with Gasteiger partial charge in [0.15, 0.2) is 0 Å². The number of aromatic hydroxyl groups is 1. The van der Waals surface area contributed by atoms with E-state index in [1.54, 1.807) is 0 Å². The minimum atomic E-state index is -1.31. The van der Waals surface area contributed by atoms with Gasteiger partial charge in [0.1, 0.15) is 28.9 Å². The first-order valence-electron chi connectivity index (χ1n) is 10.6. The number of primary amides is 1. The quantitative estimate of drug-likeness (QED) is 0.160. The van der Waals surface area contributed by atoms with Crippen molar-refractivity contribution in [2.75, 3.05) is 5.75 Å². The Morgan fingerprint density at radius 2 is 2.03 bits per heavy atom. The number of carboxylic acid groups (broad SMARTS) is 1. The van der Waals surface area contributed by atoms with Gasteiger partial charge in [-0.2, -0.15) is 5.21 Å². The number of aromatic amines is 1. The Bertz CT molecular complexity index is 1210. The molecule has 1 saturated heterocycles. The number of carbonyl (C=O) groups excluding carboxylic acids is 3. The third-order valence-corrected chi connectivity index (χ3v) is 8.14. The Kier molecular flexibility index (Phi) is 7.46. The number of aromatic nitrogens is 4. The van der Waals surface area contributed by atoms with E-state index in [1.807, 2.05) is 0 Å². The smallest absolute Gasteiger partial charge is 0.352 e. The Labute approximate surface area is 212 Å². The molecule has 1 fully saturated rings. The number of thioether (sulfide) groups is 2. The number of carbonyl (C=O) groups is 4. The Balaban J connectivity index is 1.53. The number of fused-ring (bicyclic) bond motifs is 1. The summed E-state index contributed by atoms with van der Waals surface area (Å²) >= 11 is 2.39. The maximum atomic E-state index is 13.0. The van der Waals surface area contributed by atoms with Gasteiger partial charge in [-0.3, -0.25) is 19.3 Å². The normalized spacial score (nSPS) is 20.8. The largest absolute Gasteiger partial charge is 0.508 e. The van der Waals surface area contributed by atoms with Crippen molar-refractivity contribution in [3.63, 3.8) is 0 Å². The average Bonchev–Trinajstić information content (AvgIpc) is 3.37. The van der Waals surface area contributed by atoms with Crippen LogP contribution in [0, 0.1) is 0 Å². The highest BCUT2D eigenvalue weighted by Gasteiger charge is 2.55. The van der Waals surface area contributed by atoms with Gasteiger partial charge in [0.05, 0.1) is 0 Å². The van der Waals surface area contributed by atoms with E-state index in [4.69, 9.17) is 11.5 Å². The molecule has 36 heavy (non-hydrogen) atoms. The number of carboxylic acids is 1. The lowest BCUT2D eigenvalue weighted by Gasteiger charge is -2.50. The van der Waals surface area contributed by atoms with Crippen molar-refractivity contribution in [3.05, 3.63) is 41.1 Å². The molecule has 8 N–H and O–H groups in total. The van der Waals surface area contributed by atoms with E-state index in [9.17, 15) is 29.4 Å². The zero-order valence-corrected chi connectivity index (χ0v) is 20.2. The number of benzene rings is 1. The zero-order chi connectivity index (χ0) is 26.0. The molecule has 1 aromatic heterocycles. The molecule has 3 heterocycles. The van der Waals surface area contributed by atoms with Crippen LogP contribution in [-0.4, -0.2) is 81.8 Å². The van der Waals surface area contributed by atoms with Crippen molar-refractivity contribution in [1.29, 1.82) is 0 Å². The lowest BCUT2D eigenvalue weighted by atomic mass is 9.99. The number of aliphatic carboxylic acids is 1. The summed E-state index contributed by atoms with van der Waals surface area (Å²) in [6, 6.07) is 3.72. The second-order valence-electron chi connectivity index (χ2n) is 7.95. The first kappa shape index (κ1) is 25.5. The van der Waals surface area contributed by atoms with Gasteiger partial charge in [0.2, 0.25) is 17.0 Å². The summed E-state index contributed by atoms with van der Waals surface area (Å²) in [6.45, 7) is 0. The number of rotatable bonds is 10. The maximum Gasteiger partial charge on any atom is 0.352 e. The summed E-state index contributed by atoms with van der Waals surface area (Å²) in [5.41, 5.74) is 11.9. The molecule has 2 aliphatic heterocycles. The molecular weight excluding hydrogens is 512 g/mol. The molecule has 3 unspecified atom stereocenters. The molecule has 4 atom stereocenters. The molecular formula is C20H22N8O6S2. The second kappa shape index (κ2) is 10.5. The highest BCUT2D eigenvalue weighted by atomic mass is 32.2. The lowest BCUT2D eigenvalue weighted by Crippen LogP contribution is -2.71. The third-order valence-electron chi connectivity index (χ3n) is 5.65. The number of amides is 3. The average molecular weight is 535 g/mol. The number of H-pyrrole nitrogens is 1. The number of nitrogens with two attached hydrogens (primary N) is 2. The predicted molar refractivity (Wildman–Crippen MR) is 127 cm³/mol. The molecule has 0 saturated carbocycles. The molecule has 0 spiro atoms. The fourth-order valence-corrected chi connectivity index (χ4v) is 6.41. The van der Waals surface area contributed by atoms with Crippen LogP contribution in [0.5, 0.6) is 5.75 Å². The van der Waals surface area contributed by atoms with E-state index < -0.39 is 46.4 Å². The molecule has 0 aliphatic carbocycles. The van der Waals surface area contributed by atoms with Crippen molar-refractivity contribution in [3.8, 4) is 5.75 Å². The van der Waals surface area contributed by atoms with Crippen LogP contribution in [-0.2, 0) is 19.2 Å². The summed E-state index contributed by atoms with van der Waals surface area (Å²) in [7, 11) is 0. The van der Waals surface area contributed by atoms with Crippen molar-refractivity contribution in [2.45, 2.75) is 40.7 Å². The summed E-state index contributed by atoms with van der Waals surface area (Å²) in [4.78, 5) is 50.5. The molecule has 2 aromatic rings. The summed E-state index contributed by atoms with van der Waals surface area (Å²) in [5.74, 6) is -2.83. The van der Waals surface area contributed by atoms with Crippen LogP contribution in [0.4, 0.5) is 0 Å². The molecule has 16 heteroatoms. The molecule has 190 valence electrons. The summed E-state index contributed by atoms with van der Waals surface area (Å²) in [5, 5.41) is 34.6. The fraction of sp³-hybridized carbons (Fsp3) is 0.350. The fourth-order valence-electron chi connectivity index (χ4n) is 3.87. The topological polar surface area (TPSA) is 231 Å². The van der Waals surface area contributed by atoms with Crippen LogP contribution in [0.15, 0.2) is 40.7 Å². The zero-order valence-electron chi connectivity index (χ0n) is 18.5. The Morgan fingerprint density at radius 1 is 1.31 bits per heavy atom. The van der Waals surface area contributed by atoms with Crippen LogP contribution in [0.2, 0.25) is 0 Å². The van der Waals surface area contributed by atoms with Gasteiger partial charge in [0.25, 0.3) is 5.91 Å². The number of phenolic OH excluding ortho intramolecular Hbond substituents is 1. The summed E-state index contributed by atoms with van der Waals surface area (Å²) in [6.07, 6.45) is 0.192. The minimum Gasteiger partial charge on any atom is -0.508 e. The molecule has 0 bridgehead atoms. The molecule has 3 amide bonds. The third kappa shape index (κ3) is 5.14. The Hall–Kier alpha value is -3.63. The van der Waals surface area contributed by atoms with Gasteiger partial charge in [0, 0.05) is 17.4 Å². The van der Waals surface area contributed by atoms with E-state index >= 15 is 0 Å². The number of hydrogen-bond donors (Lipinski definition) is 6. The first-order chi connectivity index (χ1) is 17.2. The minimum absolute atomic E-state index is 0.0121. The van der Waals surface area contributed by atoms with Crippen molar-refractivity contribution in [2.24, 2.45) is 11.5 Å². The standard InChI is InChI=1S/C20H22N8O6S2/c21-12(30)6-5-11(36-20-24-26-27-25-20)10-7-35-18-14(17(32)28(18)15(10)19(33)34)23-16(31)13(22)8-1-3-9(29)4-2-8/h1-4,11,13-14,18,29H,5-7,22H2,(H2,21,30)(H,23,31)(H,33,34)(H,24,25,26,27)/t11?,13?,14?,18-/m0/s1. The van der Waals surface area contributed by atoms with Gasteiger partial charge in [-0.1, -0.05) is 23.9 Å². The summed E-state index contributed by atoms with van der Waals surface area (Å²) < 4.78 is 0. The van der Waals surface area contributed by atoms with Gasteiger partial charge < -0.3 is 27.0 Å². The monoisotopic (exact) mass is 534 g/mol. The van der Waals surface area contributed by atoms with Crippen LogP contribution in [0.25, 0.3) is 0 Å². The number of nitrogens with one attached hydrogen (secondary N) is 2. The highest BCUT2D eigenvalue weighted by Crippen LogP contribution is 2.44. The van der Waals surface area contributed by atoms with Crippen molar-refractivity contribution in [1.82, 2.24) is 30.8 Å².